The lowest BCUT2D eigenvalue weighted by atomic mass is 9.89. The molecular formula is C35H44N4O9S. The first-order valence-electron chi connectivity index (χ1n) is 16.2. The first kappa shape index (κ1) is 35.8. The summed E-state index contributed by atoms with van der Waals surface area (Å²) in [4.78, 5) is 29.0. The number of rotatable bonds is 7. The smallest absolute Gasteiger partial charge is 0.264 e. The molecule has 7 aliphatic rings. The SMILES string of the molecule is COc1cc2ccc1Oc1ccc(cc1OC)C(=O)NCCOc1ccc(cc1)OC1(CCN(CCCS(=O)(=O)N(C)C)CC1)C(=O)NC2. The first-order chi connectivity index (χ1) is 23.5. The van der Waals surface area contributed by atoms with Crippen LogP contribution in [0.3, 0.4) is 0 Å². The third kappa shape index (κ3) is 8.94. The van der Waals surface area contributed by atoms with E-state index in [1.807, 2.05) is 6.07 Å². The molecule has 3 aromatic carbocycles. The van der Waals surface area contributed by atoms with Gasteiger partial charge in [-0.2, -0.15) is 0 Å². The number of hydrogen-bond acceptors (Lipinski definition) is 10. The Balaban J connectivity index is 1.37. The van der Waals surface area contributed by atoms with Crippen molar-refractivity contribution in [2.45, 2.75) is 31.4 Å². The number of sulfonamides is 1. The average molecular weight is 697 g/mol. The molecule has 6 bridgehead atoms. The number of ether oxygens (including phenoxy) is 5. The van der Waals surface area contributed by atoms with Crippen LogP contribution in [0.5, 0.6) is 34.5 Å². The number of hydrogen-bond donors (Lipinski definition) is 2. The van der Waals surface area contributed by atoms with Crippen LogP contribution in [0.15, 0.2) is 60.7 Å². The summed E-state index contributed by atoms with van der Waals surface area (Å²) >= 11 is 0. The minimum absolute atomic E-state index is 0.0620. The predicted octanol–water partition coefficient (Wildman–Crippen LogP) is 3.43. The number of likely N-dealkylation sites (tertiary alicyclic amines) is 1. The second-order valence-corrected chi connectivity index (χ2v) is 14.4. The van der Waals surface area contributed by atoms with Crippen molar-refractivity contribution in [3.8, 4) is 34.5 Å². The lowest BCUT2D eigenvalue weighted by Crippen LogP contribution is -2.57. The van der Waals surface area contributed by atoms with Crippen molar-refractivity contribution in [1.29, 1.82) is 0 Å². The zero-order chi connectivity index (χ0) is 35.0. The Morgan fingerprint density at radius 2 is 1.53 bits per heavy atom. The lowest BCUT2D eigenvalue weighted by molar-refractivity contribution is -0.141. The quantitative estimate of drug-likeness (QED) is 0.377. The molecule has 2 N–H and O–H groups in total. The molecule has 264 valence electrons. The maximum absolute atomic E-state index is 14.0. The van der Waals surface area contributed by atoms with E-state index in [2.05, 4.69) is 15.5 Å². The standard InChI is InChI=1S/C35H44N4O9S/c1-38(2)49(42,43)21-5-17-39-18-14-35(15-19-39)34(41)37-24-25-6-12-29(31(22-25)44-3)47-30-13-7-26(23-32(30)45-4)33(40)36-16-20-46-27-8-10-28(48-35)11-9-27/h6-13,22-23H,5,14-21,24H2,1-4H3,(H,36,40)(H,37,41). The number of carbonyl (C=O) groups is 2. The summed E-state index contributed by atoms with van der Waals surface area (Å²) in [6.07, 6.45) is 1.31. The summed E-state index contributed by atoms with van der Waals surface area (Å²) in [6.45, 7) is 2.44. The predicted molar refractivity (Wildman–Crippen MR) is 183 cm³/mol. The van der Waals surface area contributed by atoms with Crippen molar-refractivity contribution >= 4 is 21.8 Å². The molecule has 0 aromatic heterocycles. The van der Waals surface area contributed by atoms with E-state index < -0.39 is 15.6 Å². The van der Waals surface area contributed by atoms with Gasteiger partial charge < -0.3 is 39.2 Å². The molecule has 0 radical (unpaired) electrons. The molecule has 1 saturated heterocycles. The van der Waals surface area contributed by atoms with E-state index in [4.69, 9.17) is 23.7 Å². The fraction of sp³-hybridized carbons (Fsp3) is 0.429. The molecule has 1 fully saturated rings. The van der Waals surface area contributed by atoms with E-state index >= 15 is 0 Å². The van der Waals surface area contributed by atoms with E-state index in [0.29, 0.717) is 79.0 Å². The van der Waals surface area contributed by atoms with Crippen LogP contribution in [0.1, 0.15) is 35.2 Å². The highest BCUT2D eigenvalue weighted by Gasteiger charge is 2.43. The van der Waals surface area contributed by atoms with Gasteiger partial charge in [-0.1, -0.05) is 6.07 Å². The third-order valence-electron chi connectivity index (χ3n) is 8.63. The van der Waals surface area contributed by atoms with Crippen LogP contribution in [0, 0.1) is 0 Å². The summed E-state index contributed by atoms with van der Waals surface area (Å²) in [5, 5.41) is 5.92. The Hall–Kier alpha value is -4.53. The molecule has 14 heteroatoms. The van der Waals surface area contributed by atoms with Gasteiger partial charge in [0.2, 0.25) is 10.0 Å². The maximum Gasteiger partial charge on any atom is 0.264 e. The molecule has 0 atom stereocenters. The van der Waals surface area contributed by atoms with Crippen LogP contribution in [-0.2, 0) is 21.4 Å². The molecule has 0 aliphatic carbocycles. The minimum atomic E-state index is -3.28. The van der Waals surface area contributed by atoms with E-state index in [9.17, 15) is 18.0 Å². The van der Waals surface area contributed by atoms with Crippen LogP contribution >= 0.6 is 0 Å². The summed E-state index contributed by atoms with van der Waals surface area (Å²) in [7, 11) is 2.82. The van der Waals surface area contributed by atoms with Gasteiger partial charge in [0.25, 0.3) is 11.8 Å². The molecule has 10 rings (SSSR count). The minimum Gasteiger partial charge on any atom is -0.493 e. The normalized spacial score (nSPS) is 17.2. The molecule has 7 heterocycles. The highest BCUT2D eigenvalue weighted by molar-refractivity contribution is 7.89. The topological polar surface area (TPSA) is 145 Å². The van der Waals surface area contributed by atoms with Crippen LogP contribution in [0.25, 0.3) is 0 Å². The number of nitrogens with one attached hydrogen (secondary N) is 2. The number of benzene rings is 3. The van der Waals surface area contributed by atoms with Gasteiger partial charge in [-0.3, -0.25) is 9.59 Å². The first-order valence-corrected chi connectivity index (χ1v) is 17.8. The molecule has 7 aliphatic heterocycles. The summed E-state index contributed by atoms with van der Waals surface area (Å²) in [5.74, 6) is 2.27. The van der Waals surface area contributed by atoms with Crippen molar-refractivity contribution in [2.75, 3.05) is 66.9 Å². The number of amides is 2. The van der Waals surface area contributed by atoms with Crippen LogP contribution in [0.2, 0.25) is 0 Å². The second kappa shape index (κ2) is 15.8. The molecule has 1 spiro atoms. The van der Waals surface area contributed by atoms with Crippen LogP contribution < -0.4 is 34.3 Å². The van der Waals surface area contributed by atoms with Crippen molar-refractivity contribution in [2.24, 2.45) is 0 Å². The summed E-state index contributed by atoms with van der Waals surface area (Å²) in [6, 6.07) is 17.3. The van der Waals surface area contributed by atoms with Crippen molar-refractivity contribution in [3.63, 3.8) is 0 Å². The third-order valence-corrected chi connectivity index (χ3v) is 10.5. The van der Waals surface area contributed by atoms with Gasteiger partial charge in [-0.05, 0) is 73.1 Å². The van der Waals surface area contributed by atoms with E-state index in [0.717, 1.165) is 5.56 Å². The van der Waals surface area contributed by atoms with Crippen LogP contribution in [-0.4, -0.2) is 102 Å². The zero-order valence-electron chi connectivity index (χ0n) is 28.3. The zero-order valence-corrected chi connectivity index (χ0v) is 29.1. The summed E-state index contributed by atoms with van der Waals surface area (Å²) in [5.41, 5.74) is 0.0365. The van der Waals surface area contributed by atoms with E-state index in [-0.39, 0.29) is 37.3 Å². The Bertz CT molecular complexity index is 1720. The second-order valence-electron chi connectivity index (χ2n) is 12.1. The summed E-state index contributed by atoms with van der Waals surface area (Å²) < 4.78 is 55.3. The van der Waals surface area contributed by atoms with Gasteiger partial charge in [0, 0.05) is 52.1 Å². The number of nitrogens with zero attached hydrogens (tertiary/aromatic N) is 2. The lowest BCUT2D eigenvalue weighted by Gasteiger charge is -2.40. The fourth-order valence-corrected chi connectivity index (χ4v) is 6.55. The molecule has 0 saturated carbocycles. The highest BCUT2D eigenvalue weighted by atomic mass is 32.2. The van der Waals surface area contributed by atoms with E-state index in [1.165, 1.54) is 32.6 Å². The molecule has 3 aromatic rings. The fourth-order valence-electron chi connectivity index (χ4n) is 5.69. The van der Waals surface area contributed by atoms with Crippen molar-refractivity contribution in [3.05, 3.63) is 71.8 Å². The van der Waals surface area contributed by atoms with Gasteiger partial charge in [-0.25, -0.2) is 12.7 Å². The Morgan fingerprint density at radius 1 is 0.878 bits per heavy atom. The number of piperidine rings is 1. The maximum atomic E-state index is 14.0. The van der Waals surface area contributed by atoms with Crippen LogP contribution in [0.4, 0.5) is 0 Å². The highest BCUT2D eigenvalue weighted by Crippen LogP contribution is 2.38. The van der Waals surface area contributed by atoms with Crippen molar-refractivity contribution < 1.29 is 41.7 Å². The Labute approximate surface area is 287 Å². The number of methoxy groups -OCH3 is 2. The Kier molecular flexibility index (Phi) is 11.5. The molecule has 13 nitrogen and oxygen atoms in total. The van der Waals surface area contributed by atoms with Gasteiger partial charge in [0.15, 0.2) is 28.6 Å². The molecule has 0 unspecified atom stereocenters. The van der Waals surface area contributed by atoms with Gasteiger partial charge in [0.05, 0.1) is 26.5 Å². The Morgan fingerprint density at radius 3 is 2.20 bits per heavy atom. The monoisotopic (exact) mass is 696 g/mol. The molecule has 49 heavy (non-hydrogen) atoms. The van der Waals surface area contributed by atoms with E-state index in [1.54, 1.807) is 54.6 Å². The molecular weight excluding hydrogens is 652 g/mol. The molecule has 2 amide bonds. The largest absolute Gasteiger partial charge is 0.493 e. The van der Waals surface area contributed by atoms with Crippen molar-refractivity contribution in [1.82, 2.24) is 19.8 Å². The van der Waals surface area contributed by atoms with Gasteiger partial charge in [-0.15, -0.1) is 0 Å². The van der Waals surface area contributed by atoms with Gasteiger partial charge >= 0.3 is 0 Å². The number of carbonyl (C=O) groups excluding carboxylic acids is 2. The van der Waals surface area contributed by atoms with Gasteiger partial charge in [0.1, 0.15) is 18.1 Å². The average Bonchev–Trinajstić information content (AvgIpc) is 3.10.